The number of benzene rings is 1. The van der Waals surface area contributed by atoms with Gasteiger partial charge in [-0.15, -0.1) is 0 Å². The summed E-state index contributed by atoms with van der Waals surface area (Å²) < 4.78 is 14.0. The van der Waals surface area contributed by atoms with E-state index in [0.29, 0.717) is 22.4 Å². The molecule has 2 unspecified atom stereocenters. The van der Waals surface area contributed by atoms with Gasteiger partial charge in [-0.3, -0.25) is 4.90 Å². The second kappa shape index (κ2) is 6.93. The Kier molecular flexibility index (Phi) is 5.51. The van der Waals surface area contributed by atoms with Crippen LogP contribution in [-0.4, -0.2) is 35.5 Å². The average molecular weight is 303 g/mol. The number of thioether (sulfide) groups is 1. The van der Waals surface area contributed by atoms with Crippen molar-refractivity contribution in [2.24, 2.45) is 5.73 Å². The number of rotatable bonds is 4. The van der Waals surface area contributed by atoms with Gasteiger partial charge in [0.1, 0.15) is 5.82 Å². The molecule has 0 spiro atoms. The van der Waals surface area contributed by atoms with Crippen LogP contribution in [0.4, 0.5) is 4.39 Å². The number of nitrogens with two attached hydrogens (primary N) is 1. The Labute approximate surface area is 123 Å². The van der Waals surface area contributed by atoms with Gasteiger partial charge in [0, 0.05) is 41.2 Å². The Balaban J connectivity index is 2.21. The molecule has 1 heterocycles. The summed E-state index contributed by atoms with van der Waals surface area (Å²) in [6.07, 6.45) is 1.14. The second-order valence-corrected chi connectivity index (χ2v) is 6.66. The van der Waals surface area contributed by atoms with E-state index < -0.39 is 0 Å². The topological polar surface area (TPSA) is 29.3 Å². The Morgan fingerprint density at radius 1 is 1.58 bits per heavy atom. The maximum absolute atomic E-state index is 14.0. The molecule has 1 aliphatic rings. The highest BCUT2D eigenvalue weighted by atomic mass is 35.5. The van der Waals surface area contributed by atoms with Crippen LogP contribution in [-0.2, 0) is 0 Å². The summed E-state index contributed by atoms with van der Waals surface area (Å²) in [5.41, 5.74) is 6.51. The third-order valence-corrected chi connectivity index (χ3v) is 5.21. The SMILES string of the molecule is CCC1CN(C(CN)c2cc(Cl)ccc2F)CCS1. The van der Waals surface area contributed by atoms with Crippen molar-refractivity contribution in [1.29, 1.82) is 0 Å². The standard InChI is InChI=1S/C14H20ClFN2S/c1-2-11-9-18(5-6-19-11)14(8-17)12-7-10(15)3-4-13(12)16/h3-4,7,11,14H,2,5-6,8-9,17H2,1H3. The summed E-state index contributed by atoms with van der Waals surface area (Å²) in [5, 5.41) is 1.18. The predicted octanol–water partition coefficient (Wildman–Crippen LogP) is 3.31. The van der Waals surface area contributed by atoms with Crippen molar-refractivity contribution in [3.05, 3.63) is 34.6 Å². The lowest BCUT2D eigenvalue weighted by atomic mass is 10.0. The fourth-order valence-electron chi connectivity index (χ4n) is 2.51. The molecule has 0 aliphatic carbocycles. The first-order valence-corrected chi connectivity index (χ1v) is 8.09. The van der Waals surface area contributed by atoms with Crippen LogP contribution in [0.2, 0.25) is 5.02 Å². The molecule has 2 nitrogen and oxygen atoms in total. The van der Waals surface area contributed by atoms with E-state index >= 15 is 0 Å². The zero-order valence-corrected chi connectivity index (χ0v) is 12.7. The third kappa shape index (κ3) is 3.63. The molecule has 2 N–H and O–H groups in total. The molecule has 106 valence electrons. The fraction of sp³-hybridized carbons (Fsp3) is 0.571. The summed E-state index contributed by atoms with van der Waals surface area (Å²) in [6, 6.07) is 4.64. The molecule has 1 aromatic carbocycles. The van der Waals surface area contributed by atoms with E-state index in [1.54, 1.807) is 12.1 Å². The van der Waals surface area contributed by atoms with Crippen molar-refractivity contribution in [2.45, 2.75) is 24.6 Å². The maximum Gasteiger partial charge on any atom is 0.128 e. The summed E-state index contributed by atoms with van der Waals surface area (Å²) in [5.74, 6) is 0.864. The highest BCUT2D eigenvalue weighted by Gasteiger charge is 2.27. The van der Waals surface area contributed by atoms with E-state index in [1.165, 1.54) is 6.07 Å². The maximum atomic E-state index is 14.0. The van der Waals surface area contributed by atoms with Crippen LogP contribution in [0.3, 0.4) is 0 Å². The van der Waals surface area contributed by atoms with Crippen molar-refractivity contribution in [3.63, 3.8) is 0 Å². The van der Waals surface area contributed by atoms with Crippen molar-refractivity contribution in [2.75, 3.05) is 25.4 Å². The Hall–Kier alpha value is -0.290. The lowest BCUT2D eigenvalue weighted by Crippen LogP contribution is -2.43. The van der Waals surface area contributed by atoms with Crippen LogP contribution in [0.15, 0.2) is 18.2 Å². The van der Waals surface area contributed by atoms with E-state index in [0.717, 1.165) is 25.3 Å². The molecule has 1 fully saturated rings. The second-order valence-electron chi connectivity index (χ2n) is 4.81. The molecule has 2 atom stereocenters. The molecule has 1 aliphatic heterocycles. The van der Waals surface area contributed by atoms with Crippen LogP contribution in [0.1, 0.15) is 24.9 Å². The minimum atomic E-state index is -0.217. The lowest BCUT2D eigenvalue weighted by Gasteiger charge is -2.37. The van der Waals surface area contributed by atoms with Crippen molar-refractivity contribution in [3.8, 4) is 0 Å². The molecule has 0 bridgehead atoms. The first kappa shape index (κ1) is 15.1. The number of hydrogen-bond acceptors (Lipinski definition) is 3. The van der Waals surface area contributed by atoms with Crippen LogP contribution in [0.25, 0.3) is 0 Å². The van der Waals surface area contributed by atoms with Gasteiger partial charge in [-0.1, -0.05) is 18.5 Å². The number of nitrogens with zero attached hydrogens (tertiary/aromatic N) is 1. The van der Waals surface area contributed by atoms with Crippen LogP contribution >= 0.6 is 23.4 Å². The van der Waals surface area contributed by atoms with Gasteiger partial charge in [0.25, 0.3) is 0 Å². The Morgan fingerprint density at radius 2 is 2.37 bits per heavy atom. The highest BCUT2D eigenvalue weighted by molar-refractivity contribution is 8.00. The monoisotopic (exact) mass is 302 g/mol. The van der Waals surface area contributed by atoms with Gasteiger partial charge in [-0.2, -0.15) is 11.8 Å². The van der Waals surface area contributed by atoms with Crippen molar-refractivity contribution in [1.82, 2.24) is 4.90 Å². The Morgan fingerprint density at radius 3 is 3.05 bits per heavy atom. The zero-order chi connectivity index (χ0) is 13.8. The van der Waals surface area contributed by atoms with Crippen LogP contribution in [0.5, 0.6) is 0 Å². The van der Waals surface area contributed by atoms with Gasteiger partial charge in [0.05, 0.1) is 6.04 Å². The minimum absolute atomic E-state index is 0.0753. The normalized spacial score (nSPS) is 22.4. The fourth-order valence-corrected chi connectivity index (χ4v) is 3.90. The van der Waals surface area contributed by atoms with Gasteiger partial charge in [-0.05, 0) is 24.6 Å². The predicted molar refractivity (Wildman–Crippen MR) is 81.3 cm³/mol. The molecular formula is C14H20ClFN2S. The van der Waals surface area contributed by atoms with Crippen molar-refractivity contribution < 1.29 is 4.39 Å². The molecule has 0 saturated carbocycles. The quantitative estimate of drug-likeness (QED) is 0.925. The van der Waals surface area contributed by atoms with Crippen LogP contribution < -0.4 is 5.73 Å². The zero-order valence-electron chi connectivity index (χ0n) is 11.1. The van der Waals surface area contributed by atoms with E-state index in [9.17, 15) is 4.39 Å². The Bertz CT molecular complexity index is 430. The van der Waals surface area contributed by atoms with Gasteiger partial charge in [-0.25, -0.2) is 4.39 Å². The lowest BCUT2D eigenvalue weighted by molar-refractivity contribution is 0.203. The molecule has 19 heavy (non-hydrogen) atoms. The van der Waals surface area contributed by atoms with Gasteiger partial charge >= 0.3 is 0 Å². The number of hydrogen-bond donors (Lipinski definition) is 1. The molecule has 1 aromatic rings. The molecule has 5 heteroatoms. The number of halogens is 2. The summed E-state index contributed by atoms with van der Waals surface area (Å²) >= 11 is 7.98. The molecular weight excluding hydrogens is 283 g/mol. The molecule has 1 saturated heterocycles. The van der Waals surface area contributed by atoms with E-state index in [1.807, 2.05) is 11.8 Å². The van der Waals surface area contributed by atoms with Gasteiger partial charge in [0.2, 0.25) is 0 Å². The summed E-state index contributed by atoms with van der Waals surface area (Å²) in [7, 11) is 0. The molecule has 0 amide bonds. The van der Waals surface area contributed by atoms with Gasteiger partial charge < -0.3 is 5.73 Å². The van der Waals surface area contributed by atoms with Crippen LogP contribution in [0, 0.1) is 5.82 Å². The van der Waals surface area contributed by atoms with E-state index in [2.05, 4.69) is 11.8 Å². The molecule has 2 rings (SSSR count). The van der Waals surface area contributed by atoms with E-state index in [-0.39, 0.29) is 11.9 Å². The molecule has 0 aromatic heterocycles. The summed E-state index contributed by atoms with van der Waals surface area (Å²) in [6.45, 7) is 4.53. The smallest absolute Gasteiger partial charge is 0.128 e. The van der Waals surface area contributed by atoms with Gasteiger partial charge in [0.15, 0.2) is 0 Å². The first-order chi connectivity index (χ1) is 9.15. The van der Waals surface area contributed by atoms with E-state index in [4.69, 9.17) is 17.3 Å². The molecule has 0 radical (unpaired) electrons. The largest absolute Gasteiger partial charge is 0.329 e. The minimum Gasteiger partial charge on any atom is -0.329 e. The highest BCUT2D eigenvalue weighted by Crippen LogP contribution is 2.30. The summed E-state index contributed by atoms with van der Waals surface area (Å²) in [4.78, 5) is 2.29. The van der Waals surface area contributed by atoms with Crippen molar-refractivity contribution >= 4 is 23.4 Å². The average Bonchev–Trinajstić information content (AvgIpc) is 2.44. The third-order valence-electron chi connectivity index (χ3n) is 3.61. The first-order valence-electron chi connectivity index (χ1n) is 6.66.